The van der Waals surface area contributed by atoms with Crippen molar-refractivity contribution in [1.29, 1.82) is 0 Å². The normalized spacial score (nSPS) is 12.7. The molecule has 0 saturated heterocycles. The minimum atomic E-state index is -1.50. The number of rotatable bonds is 3. The molecule has 2 aromatic heterocycles. The van der Waals surface area contributed by atoms with Crippen LogP contribution >= 0.6 is 0 Å². The van der Waals surface area contributed by atoms with Crippen molar-refractivity contribution < 1.29 is 13.9 Å². The van der Waals surface area contributed by atoms with Gasteiger partial charge in [0, 0.05) is 7.05 Å². The number of aromatic nitrogens is 4. The lowest BCUT2D eigenvalue weighted by molar-refractivity contribution is 0.145. The van der Waals surface area contributed by atoms with Gasteiger partial charge in [-0.3, -0.25) is 14.0 Å². The summed E-state index contributed by atoms with van der Waals surface area (Å²) in [6, 6.07) is 3.30. The maximum atomic E-state index is 13.6. The van der Waals surface area contributed by atoms with Crippen molar-refractivity contribution in [2.75, 3.05) is 0 Å². The van der Waals surface area contributed by atoms with E-state index in [9.17, 15) is 18.7 Å². The third-order valence-electron chi connectivity index (χ3n) is 3.42. The summed E-state index contributed by atoms with van der Waals surface area (Å²) in [5.41, 5.74) is -0.512. The fourth-order valence-corrected chi connectivity index (χ4v) is 2.30. The van der Waals surface area contributed by atoms with Gasteiger partial charge in [-0.25, -0.2) is 13.8 Å². The Morgan fingerprint density at radius 2 is 2.00 bits per heavy atom. The lowest BCUT2D eigenvalue weighted by Gasteiger charge is -2.14. The fraction of sp³-hybridized carbons (Fsp3) is 0.214. The number of fused-ring (bicyclic) bond motifs is 1. The number of halogens is 2. The van der Waals surface area contributed by atoms with Gasteiger partial charge in [-0.15, -0.1) is 0 Å². The Kier molecular flexibility index (Phi) is 3.45. The van der Waals surface area contributed by atoms with Crippen LogP contribution in [0.15, 0.2) is 35.5 Å². The van der Waals surface area contributed by atoms with E-state index >= 15 is 0 Å². The molecule has 6 nitrogen and oxygen atoms in total. The maximum absolute atomic E-state index is 13.6. The van der Waals surface area contributed by atoms with Crippen LogP contribution in [-0.4, -0.2) is 24.4 Å². The molecule has 1 aromatic carbocycles. The van der Waals surface area contributed by atoms with Gasteiger partial charge in [0.25, 0.3) is 5.56 Å². The molecular weight excluding hydrogens is 294 g/mol. The second-order valence-electron chi connectivity index (χ2n) is 4.86. The molecule has 0 amide bonds. The molecule has 0 radical (unpaired) electrons. The smallest absolute Gasteiger partial charge is 0.264 e. The highest BCUT2D eigenvalue weighted by molar-refractivity contribution is 5.72. The van der Waals surface area contributed by atoms with E-state index in [1.807, 2.05) is 0 Å². The third-order valence-corrected chi connectivity index (χ3v) is 3.42. The lowest BCUT2D eigenvalue weighted by atomic mass is 10.1. The minimum Gasteiger partial charge on any atom is -0.386 e. The van der Waals surface area contributed by atoms with E-state index < -0.39 is 28.9 Å². The molecule has 0 aliphatic rings. The number of hydrogen-bond acceptors (Lipinski definition) is 4. The molecule has 1 N–H and O–H groups in total. The Hall–Kier alpha value is -2.61. The van der Waals surface area contributed by atoms with E-state index in [4.69, 9.17) is 0 Å². The average molecular weight is 306 g/mol. The van der Waals surface area contributed by atoms with Gasteiger partial charge >= 0.3 is 0 Å². The molecule has 0 aliphatic carbocycles. The van der Waals surface area contributed by atoms with Gasteiger partial charge < -0.3 is 5.11 Å². The predicted octanol–water partition coefficient (Wildman–Crippen LogP) is 1.14. The summed E-state index contributed by atoms with van der Waals surface area (Å²) in [4.78, 5) is 16.3. The van der Waals surface area contributed by atoms with Gasteiger partial charge in [-0.2, -0.15) is 5.10 Å². The number of nitrogens with zero attached hydrogens (tertiary/aromatic N) is 4. The number of aliphatic hydroxyl groups is 1. The monoisotopic (exact) mass is 306 g/mol. The zero-order valence-electron chi connectivity index (χ0n) is 11.6. The predicted molar refractivity (Wildman–Crippen MR) is 74.1 cm³/mol. The van der Waals surface area contributed by atoms with Gasteiger partial charge in [0.2, 0.25) is 0 Å². The van der Waals surface area contributed by atoms with Crippen molar-refractivity contribution in [3.63, 3.8) is 0 Å². The van der Waals surface area contributed by atoms with E-state index in [0.29, 0.717) is 5.65 Å². The summed E-state index contributed by atoms with van der Waals surface area (Å²) in [6.07, 6.45) is 1.07. The molecule has 2 heterocycles. The van der Waals surface area contributed by atoms with Crippen LogP contribution in [0.5, 0.6) is 0 Å². The number of benzene rings is 1. The van der Waals surface area contributed by atoms with Crippen LogP contribution in [0.3, 0.4) is 0 Å². The maximum Gasteiger partial charge on any atom is 0.264 e. The molecule has 0 aliphatic heterocycles. The van der Waals surface area contributed by atoms with Crippen molar-refractivity contribution in [2.45, 2.75) is 12.6 Å². The van der Waals surface area contributed by atoms with E-state index in [1.165, 1.54) is 23.3 Å². The Labute approximate surface area is 123 Å². The summed E-state index contributed by atoms with van der Waals surface area (Å²) < 4.78 is 29.8. The average Bonchev–Trinajstić information content (AvgIpc) is 2.84. The van der Waals surface area contributed by atoms with Crippen molar-refractivity contribution in [3.8, 4) is 0 Å². The molecule has 1 atom stereocenters. The van der Waals surface area contributed by atoms with Gasteiger partial charge in [0.1, 0.15) is 29.5 Å². The molecule has 3 rings (SSSR count). The van der Waals surface area contributed by atoms with Gasteiger partial charge in [0.15, 0.2) is 5.65 Å². The SMILES string of the molecule is Cn1ncc2c(=O)n(CC(O)c3c(F)cccc3F)cnc21. The largest absolute Gasteiger partial charge is 0.386 e. The van der Waals surface area contributed by atoms with Crippen molar-refractivity contribution in [1.82, 2.24) is 19.3 Å². The zero-order chi connectivity index (χ0) is 15.9. The highest BCUT2D eigenvalue weighted by atomic mass is 19.1. The molecule has 0 saturated carbocycles. The molecule has 114 valence electrons. The van der Waals surface area contributed by atoms with Crippen molar-refractivity contribution in [2.24, 2.45) is 7.05 Å². The summed E-state index contributed by atoms with van der Waals surface area (Å²) in [7, 11) is 1.64. The number of aryl methyl sites for hydroxylation is 1. The van der Waals surface area contributed by atoms with Crippen LogP contribution in [0.2, 0.25) is 0 Å². The van der Waals surface area contributed by atoms with Gasteiger partial charge in [-0.1, -0.05) is 6.07 Å². The summed E-state index contributed by atoms with van der Waals surface area (Å²) in [5.74, 6) is -1.73. The van der Waals surface area contributed by atoms with Gasteiger partial charge in [-0.05, 0) is 12.1 Å². The van der Waals surface area contributed by atoms with Crippen LogP contribution in [0.1, 0.15) is 11.7 Å². The second-order valence-corrected chi connectivity index (χ2v) is 4.86. The molecule has 8 heteroatoms. The standard InChI is InChI=1S/C14H12F2N4O2/c1-19-13-8(5-18-19)14(22)20(7-17-13)6-11(21)12-9(15)3-2-4-10(12)16/h2-5,7,11,21H,6H2,1H3. The quantitative estimate of drug-likeness (QED) is 0.787. The van der Waals surface area contributed by atoms with Gasteiger partial charge in [0.05, 0.1) is 18.3 Å². The molecule has 1 unspecified atom stereocenters. The third kappa shape index (κ3) is 2.27. The Morgan fingerprint density at radius 1 is 1.32 bits per heavy atom. The summed E-state index contributed by atoms with van der Waals surface area (Å²) in [6.45, 7) is -0.311. The van der Waals surface area contributed by atoms with Crippen LogP contribution in [-0.2, 0) is 13.6 Å². The Balaban J connectivity index is 2.00. The molecule has 0 spiro atoms. The molecular formula is C14H12F2N4O2. The van der Waals surface area contributed by atoms with Crippen LogP contribution < -0.4 is 5.56 Å². The first-order chi connectivity index (χ1) is 10.5. The van der Waals surface area contributed by atoms with E-state index in [-0.39, 0.29) is 11.9 Å². The zero-order valence-corrected chi connectivity index (χ0v) is 11.6. The van der Waals surface area contributed by atoms with Crippen LogP contribution in [0.25, 0.3) is 11.0 Å². The topological polar surface area (TPSA) is 72.9 Å². The minimum absolute atomic E-state index is 0.270. The summed E-state index contributed by atoms with van der Waals surface area (Å²) >= 11 is 0. The first kappa shape index (κ1) is 14.3. The Morgan fingerprint density at radius 3 is 2.68 bits per heavy atom. The fourth-order valence-electron chi connectivity index (χ4n) is 2.30. The van der Waals surface area contributed by atoms with Crippen molar-refractivity contribution >= 4 is 11.0 Å². The van der Waals surface area contributed by atoms with E-state index in [1.54, 1.807) is 7.05 Å². The van der Waals surface area contributed by atoms with Crippen molar-refractivity contribution in [3.05, 3.63) is 58.3 Å². The number of hydrogen-bond donors (Lipinski definition) is 1. The highest BCUT2D eigenvalue weighted by Gasteiger charge is 2.19. The summed E-state index contributed by atoms with van der Waals surface area (Å²) in [5, 5.41) is 14.2. The molecule has 22 heavy (non-hydrogen) atoms. The van der Waals surface area contributed by atoms with E-state index in [0.717, 1.165) is 16.7 Å². The Bertz CT molecular complexity index is 883. The van der Waals surface area contributed by atoms with Crippen LogP contribution in [0, 0.1) is 11.6 Å². The second kappa shape index (κ2) is 5.30. The number of aliphatic hydroxyl groups excluding tert-OH is 1. The lowest BCUT2D eigenvalue weighted by Crippen LogP contribution is -2.24. The first-order valence-electron chi connectivity index (χ1n) is 6.48. The molecule has 3 aromatic rings. The first-order valence-corrected chi connectivity index (χ1v) is 6.48. The van der Waals surface area contributed by atoms with E-state index in [2.05, 4.69) is 10.1 Å². The highest BCUT2D eigenvalue weighted by Crippen LogP contribution is 2.21. The molecule has 0 bridgehead atoms. The molecule has 0 fully saturated rings. The van der Waals surface area contributed by atoms with Crippen LogP contribution in [0.4, 0.5) is 8.78 Å².